The first-order valence-electron chi connectivity index (χ1n) is 15.0. The van der Waals surface area contributed by atoms with Crippen LogP contribution in [-0.4, -0.2) is 64.0 Å². The van der Waals surface area contributed by atoms with Crippen LogP contribution >= 0.6 is 0 Å². The van der Waals surface area contributed by atoms with Crippen molar-refractivity contribution in [2.45, 2.75) is 24.9 Å². The SMILES string of the molecule is COc1ccc2cc(C3c4cc(OC)c(OC)cc4CCN3C(=O)[C@H](N)Cc3ccc(O)cc3)c3cc(OC)c(OC)cc3c2c1. The number of fused-ring (bicyclic) bond motifs is 4. The van der Waals surface area contributed by atoms with Gasteiger partial charge in [0.25, 0.3) is 0 Å². The number of benzene rings is 5. The third kappa shape index (κ3) is 5.47. The van der Waals surface area contributed by atoms with Crippen molar-refractivity contribution in [3.8, 4) is 34.5 Å². The summed E-state index contributed by atoms with van der Waals surface area (Å²) in [7, 11) is 8.09. The fraction of sp³-hybridized carbons (Fsp3) is 0.270. The van der Waals surface area contributed by atoms with Gasteiger partial charge in [0.05, 0.1) is 47.6 Å². The van der Waals surface area contributed by atoms with Gasteiger partial charge in [-0.15, -0.1) is 0 Å². The van der Waals surface area contributed by atoms with Crippen LogP contribution in [-0.2, 0) is 17.6 Å². The molecule has 0 saturated carbocycles. The van der Waals surface area contributed by atoms with Gasteiger partial charge in [0.1, 0.15) is 11.5 Å². The van der Waals surface area contributed by atoms with Crippen LogP contribution < -0.4 is 29.4 Å². The number of hydrogen-bond donors (Lipinski definition) is 2. The van der Waals surface area contributed by atoms with E-state index in [0.717, 1.165) is 49.5 Å². The first-order chi connectivity index (χ1) is 22.3. The second kappa shape index (κ2) is 12.7. The van der Waals surface area contributed by atoms with Gasteiger partial charge in [0, 0.05) is 6.54 Å². The molecular weight excluding hydrogens is 584 g/mol. The molecule has 1 amide bonds. The zero-order valence-electron chi connectivity index (χ0n) is 26.6. The number of hydrogen-bond acceptors (Lipinski definition) is 8. The zero-order chi connectivity index (χ0) is 32.5. The van der Waals surface area contributed by atoms with E-state index in [1.165, 1.54) is 0 Å². The molecule has 0 aliphatic carbocycles. The number of carbonyl (C=O) groups excluding carboxylic acids is 1. The maximum absolute atomic E-state index is 14.4. The van der Waals surface area contributed by atoms with Crippen LogP contribution in [0.2, 0.25) is 0 Å². The summed E-state index contributed by atoms with van der Waals surface area (Å²) < 4.78 is 28.5. The molecule has 5 aromatic rings. The molecule has 1 heterocycles. The van der Waals surface area contributed by atoms with Crippen molar-refractivity contribution >= 4 is 27.5 Å². The summed E-state index contributed by atoms with van der Waals surface area (Å²) in [6.45, 7) is 0.449. The van der Waals surface area contributed by atoms with Crippen molar-refractivity contribution < 1.29 is 33.6 Å². The second-order valence-corrected chi connectivity index (χ2v) is 11.4. The fourth-order valence-electron chi connectivity index (χ4n) is 6.54. The number of aromatic hydroxyl groups is 1. The highest BCUT2D eigenvalue weighted by Crippen LogP contribution is 2.46. The van der Waals surface area contributed by atoms with Crippen molar-refractivity contribution in [1.29, 1.82) is 0 Å². The summed E-state index contributed by atoms with van der Waals surface area (Å²) in [5.41, 5.74) is 10.4. The Bertz CT molecular complexity index is 1920. The number of rotatable bonds is 9. The molecule has 0 saturated heterocycles. The van der Waals surface area contributed by atoms with Gasteiger partial charge in [-0.05, 0) is 111 Å². The van der Waals surface area contributed by atoms with Crippen LogP contribution in [0.1, 0.15) is 28.3 Å². The van der Waals surface area contributed by atoms with Gasteiger partial charge in [0.2, 0.25) is 5.91 Å². The molecule has 0 radical (unpaired) electrons. The first kappa shape index (κ1) is 30.9. The molecule has 0 aromatic heterocycles. The van der Waals surface area contributed by atoms with Gasteiger partial charge in [-0.1, -0.05) is 18.2 Å². The maximum atomic E-state index is 14.4. The molecule has 1 aliphatic rings. The lowest BCUT2D eigenvalue weighted by molar-refractivity contribution is -0.134. The molecule has 2 atom stereocenters. The van der Waals surface area contributed by atoms with E-state index in [0.29, 0.717) is 42.4 Å². The van der Waals surface area contributed by atoms with E-state index in [9.17, 15) is 9.90 Å². The van der Waals surface area contributed by atoms with Crippen molar-refractivity contribution in [3.63, 3.8) is 0 Å². The van der Waals surface area contributed by atoms with Crippen LogP contribution in [0.5, 0.6) is 34.5 Å². The van der Waals surface area contributed by atoms with E-state index in [2.05, 4.69) is 6.07 Å². The molecule has 6 rings (SSSR count). The van der Waals surface area contributed by atoms with Crippen LogP contribution in [0.3, 0.4) is 0 Å². The Balaban J connectivity index is 1.60. The Labute approximate surface area is 268 Å². The van der Waals surface area contributed by atoms with Crippen molar-refractivity contribution in [2.24, 2.45) is 5.73 Å². The molecule has 3 N–H and O–H groups in total. The lowest BCUT2D eigenvalue weighted by Crippen LogP contribution is -2.49. The molecule has 5 aromatic carbocycles. The molecular formula is C37H38N2O7. The number of ether oxygens (including phenoxy) is 5. The van der Waals surface area contributed by atoms with Crippen molar-refractivity contribution in [2.75, 3.05) is 42.1 Å². The number of methoxy groups -OCH3 is 5. The van der Waals surface area contributed by atoms with Gasteiger partial charge in [0.15, 0.2) is 23.0 Å². The highest BCUT2D eigenvalue weighted by molar-refractivity contribution is 6.11. The van der Waals surface area contributed by atoms with Gasteiger partial charge in [-0.3, -0.25) is 4.79 Å². The average molecular weight is 623 g/mol. The third-order valence-corrected chi connectivity index (χ3v) is 8.86. The average Bonchev–Trinajstić information content (AvgIpc) is 3.09. The smallest absolute Gasteiger partial charge is 0.240 e. The summed E-state index contributed by atoms with van der Waals surface area (Å²) in [6, 6.07) is 21.5. The standard InChI is InChI=1S/C37H38N2O7/c1-42-25-11-8-22-15-30(29-20-35(46-5)34(45-4)19-28(29)26(22)17-25)36-27-18-33(44-3)32(43-2)16-23(27)12-13-39(36)37(41)31(38)14-21-6-9-24(40)10-7-21/h6-11,15-20,31,36,40H,12-14,38H2,1-5H3/t31-,36?/m1/s1. The van der Waals surface area contributed by atoms with E-state index in [4.69, 9.17) is 29.4 Å². The topological polar surface area (TPSA) is 113 Å². The number of nitrogens with two attached hydrogens (primary N) is 1. The Morgan fingerprint density at radius 3 is 2.04 bits per heavy atom. The van der Waals surface area contributed by atoms with Crippen LogP contribution in [0.15, 0.2) is 72.8 Å². The second-order valence-electron chi connectivity index (χ2n) is 11.4. The zero-order valence-corrected chi connectivity index (χ0v) is 26.6. The van der Waals surface area contributed by atoms with Crippen LogP contribution in [0.25, 0.3) is 21.5 Å². The first-order valence-corrected chi connectivity index (χ1v) is 15.0. The molecule has 0 fully saturated rings. The summed E-state index contributed by atoms with van der Waals surface area (Å²) >= 11 is 0. The molecule has 9 heteroatoms. The van der Waals surface area contributed by atoms with E-state index in [-0.39, 0.29) is 11.7 Å². The van der Waals surface area contributed by atoms with E-state index >= 15 is 0 Å². The lowest BCUT2D eigenvalue weighted by atomic mass is 9.83. The molecule has 0 bridgehead atoms. The summed E-state index contributed by atoms with van der Waals surface area (Å²) in [6.07, 6.45) is 0.939. The van der Waals surface area contributed by atoms with E-state index in [1.807, 2.05) is 47.4 Å². The number of amides is 1. The molecule has 1 aliphatic heterocycles. The third-order valence-electron chi connectivity index (χ3n) is 8.86. The Hall–Kier alpha value is -5.15. The minimum absolute atomic E-state index is 0.161. The summed E-state index contributed by atoms with van der Waals surface area (Å²) in [4.78, 5) is 16.3. The minimum Gasteiger partial charge on any atom is -0.508 e. The van der Waals surface area contributed by atoms with E-state index in [1.54, 1.807) is 59.8 Å². The largest absolute Gasteiger partial charge is 0.508 e. The fourth-order valence-corrected chi connectivity index (χ4v) is 6.54. The Morgan fingerprint density at radius 1 is 0.761 bits per heavy atom. The molecule has 9 nitrogen and oxygen atoms in total. The van der Waals surface area contributed by atoms with Crippen LogP contribution in [0.4, 0.5) is 0 Å². The normalized spacial score (nSPS) is 14.9. The van der Waals surface area contributed by atoms with Gasteiger partial charge >= 0.3 is 0 Å². The number of carbonyl (C=O) groups is 1. The maximum Gasteiger partial charge on any atom is 0.240 e. The van der Waals surface area contributed by atoms with Gasteiger partial charge in [-0.2, -0.15) is 0 Å². The summed E-state index contributed by atoms with van der Waals surface area (Å²) in [5.74, 6) is 3.08. The molecule has 46 heavy (non-hydrogen) atoms. The van der Waals surface area contributed by atoms with Crippen molar-refractivity contribution in [3.05, 3.63) is 95.1 Å². The monoisotopic (exact) mass is 622 g/mol. The molecule has 238 valence electrons. The minimum atomic E-state index is -0.806. The van der Waals surface area contributed by atoms with E-state index < -0.39 is 12.1 Å². The highest BCUT2D eigenvalue weighted by Gasteiger charge is 2.37. The summed E-state index contributed by atoms with van der Waals surface area (Å²) in [5, 5.41) is 13.5. The molecule has 0 spiro atoms. The Morgan fingerprint density at radius 2 is 1.39 bits per heavy atom. The van der Waals surface area contributed by atoms with Crippen molar-refractivity contribution in [1.82, 2.24) is 4.90 Å². The van der Waals surface area contributed by atoms with Gasteiger partial charge < -0.3 is 39.4 Å². The predicted octanol–water partition coefficient (Wildman–Crippen LogP) is 5.79. The highest BCUT2D eigenvalue weighted by atomic mass is 16.5. The lowest BCUT2D eigenvalue weighted by Gasteiger charge is -2.40. The quantitative estimate of drug-likeness (QED) is 0.199. The number of nitrogens with zero attached hydrogens (tertiary/aromatic N) is 1. The Kier molecular flexibility index (Phi) is 8.51. The molecule has 1 unspecified atom stereocenters. The van der Waals surface area contributed by atoms with Gasteiger partial charge in [-0.25, -0.2) is 0 Å². The predicted molar refractivity (Wildman–Crippen MR) is 178 cm³/mol. The number of phenols is 1. The van der Waals surface area contributed by atoms with Crippen LogP contribution in [0, 0.1) is 0 Å². The number of phenolic OH excluding ortho intramolecular Hbond substituents is 1.